The molecule has 0 saturated carbocycles. The van der Waals surface area contributed by atoms with Crippen LogP contribution in [-0.2, 0) is 7.05 Å². The van der Waals surface area contributed by atoms with Gasteiger partial charge in [0.25, 0.3) is 0 Å². The topological polar surface area (TPSA) is 70.2 Å². The van der Waals surface area contributed by atoms with Crippen LogP contribution in [0, 0.1) is 21.7 Å². The SMILES string of the molecule is Cn1cc([N+](=O)[O-])c(Oc2cc(Br)cc(F)c2F)n1. The number of halogens is 3. The van der Waals surface area contributed by atoms with Crippen LogP contribution in [0.1, 0.15) is 0 Å². The van der Waals surface area contributed by atoms with Gasteiger partial charge >= 0.3 is 11.6 Å². The summed E-state index contributed by atoms with van der Waals surface area (Å²) in [6, 6.07) is 2.06. The van der Waals surface area contributed by atoms with Gasteiger partial charge in [0, 0.05) is 11.5 Å². The van der Waals surface area contributed by atoms with E-state index in [-0.39, 0.29) is 4.47 Å². The molecule has 1 aromatic heterocycles. The molecule has 2 rings (SSSR count). The Hall–Kier alpha value is -2.03. The maximum atomic E-state index is 13.5. The Labute approximate surface area is 113 Å². The van der Waals surface area contributed by atoms with E-state index in [1.807, 2.05) is 0 Å². The van der Waals surface area contributed by atoms with Gasteiger partial charge in [0.05, 0.1) is 4.92 Å². The molecule has 0 spiro atoms. The van der Waals surface area contributed by atoms with Crippen LogP contribution >= 0.6 is 15.9 Å². The summed E-state index contributed by atoms with van der Waals surface area (Å²) in [7, 11) is 1.44. The number of rotatable bonds is 3. The zero-order chi connectivity index (χ0) is 14.2. The van der Waals surface area contributed by atoms with E-state index in [1.54, 1.807) is 0 Å². The van der Waals surface area contributed by atoms with Crippen LogP contribution in [0.25, 0.3) is 0 Å². The van der Waals surface area contributed by atoms with E-state index in [4.69, 9.17) is 4.74 Å². The summed E-state index contributed by atoms with van der Waals surface area (Å²) in [4.78, 5) is 10.0. The number of ether oxygens (including phenoxy) is 1. The maximum absolute atomic E-state index is 13.5. The molecule has 1 aromatic carbocycles. The first kappa shape index (κ1) is 13.4. The van der Waals surface area contributed by atoms with Crippen LogP contribution in [0.3, 0.4) is 0 Å². The van der Waals surface area contributed by atoms with Crippen molar-refractivity contribution in [1.29, 1.82) is 0 Å². The van der Waals surface area contributed by atoms with E-state index in [9.17, 15) is 18.9 Å². The summed E-state index contributed by atoms with van der Waals surface area (Å²) in [5.74, 6) is -3.29. The van der Waals surface area contributed by atoms with Gasteiger partial charge in [-0.15, -0.1) is 5.10 Å². The summed E-state index contributed by atoms with van der Waals surface area (Å²) in [6.07, 6.45) is 1.10. The van der Waals surface area contributed by atoms with Crippen molar-refractivity contribution in [2.75, 3.05) is 0 Å². The van der Waals surface area contributed by atoms with Crippen LogP contribution in [0.2, 0.25) is 0 Å². The number of aromatic nitrogens is 2. The Kier molecular flexibility index (Phi) is 3.47. The molecule has 0 radical (unpaired) electrons. The summed E-state index contributed by atoms with van der Waals surface area (Å²) in [5.41, 5.74) is -0.442. The number of benzene rings is 1. The average Bonchev–Trinajstić information content (AvgIpc) is 2.66. The second-order valence-electron chi connectivity index (χ2n) is 3.55. The molecular weight excluding hydrogens is 328 g/mol. The predicted molar refractivity (Wildman–Crippen MR) is 64.0 cm³/mol. The van der Waals surface area contributed by atoms with Crippen molar-refractivity contribution in [1.82, 2.24) is 9.78 Å². The van der Waals surface area contributed by atoms with Crippen LogP contribution in [0.4, 0.5) is 14.5 Å². The van der Waals surface area contributed by atoms with Gasteiger partial charge in [-0.1, -0.05) is 15.9 Å². The highest BCUT2D eigenvalue weighted by molar-refractivity contribution is 9.10. The molecule has 0 amide bonds. The third-order valence-electron chi connectivity index (χ3n) is 2.14. The van der Waals surface area contributed by atoms with Crippen LogP contribution in [0.5, 0.6) is 11.6 Å². The van der Waals surface area contributed by atoms with Gasteiger partial charge < -0.3 is 4.74 Å². The highest BCUT2D eigenvalue weighted by Crippen LogP contribution is 2.33. The molecule has 19 heavy (non-hydrogen) atoms. The normalized spacial score (nSPS) is 10.5. The number of hydrogen-bond donors (Lipinski definition) is 0. The fourth-order valence-electron chi connectivity index (χ4n) is 1.36. The van der Waals surface area contributed by atoms with Crippen molar-refractivity contribution >= 4 is 21.6 Å². The minimum atomic E-state index is -1.25. The Morgan fingerprint density at radius 3 is 2.79 bits per heavy atom. The summed E-state index contributed by atoms with van der Waals surface area (Å²) < 4.78 is 33.0. The maximum Gasteiger partial charge on any atom is 0.350 e. The van der Waals surface area contributed by atoms with Gasteiger partial charge in [-0.2, -0.15) is 4.39 Å². The molecule has 2 aromatic rings. The van der Waals surface area contributed by atoms with Gasteiger partial charge in [0.2, 0.25) is 5.82 Å². The monoisotopic (exact) mass is 333 g/mol. The Morgan fingerprint density at radius 2 is 2.16 bits per heavy atom. The second kappa shape index (κ2) is 4.92. The van der Waals surface area contributed by atoms with E-state index in [0.717, 1.165) is 23.0 Å². The molecule has 6 nitrogen and oxygen atoms in total. The highest BCUT2D eigenvalue weighted by atomic mass is 79.9. The van der Waals surface area contributed by atoms with E-state index < -0.39 is 33.9 Å². The van der Waals surface area contributed by atoms with Crippen LogP contribution in [0.15, 0.2) is 22.8 Å². The lowest BCUT2D eigenvalue weighted by atomic mass is 10.3. The average molecular weight is 334 g/mol. The molecule has 9 heteroatoms. The number of hydrogen-bond acceptors (Lipinski definition) is 4. The minimum absolute atomic E-state index is 0.236. The van der Waals surface area contributed by atoms with Gasteiger partial charge in [0.1, 0.15) is 6.20 Å². The molecule has 0 fully saturated rings. The first-order valence-corrected chi connectivity index (χ1v) is 5.68. The van der Waals surface area contributed by atoms with E-state index >= 15 is 0 Å². The first-order chi connectivity index (χ1) is 8.88. The quantitative estimate of drug-likeness (QED) is 0.491. The molecule has 0 bridgehead atoms. The van der Waals surface area contributed by atoms with E-state index in [0.29, 0.717) is 0 Å². The van der Waals surface area contributed by atoms with Gasteiger partial charge in [-0.3, -0.25) is 14.8 Å². The summed E-state index contributed by atoms with van der Waals surface area (Å²) in [6.45, 7) is 0. The third kappa shape index (κ3) is 2.70. The Morgan fingerprint density at radius 1 is 1.47 bits per heavy atom. The third-order valence-corrected chi connectivity index (χ3v) is 2.60. The molecule has 0 unspecified atom stereocenters. The first-order valence-electron chi connectivity index (χ1n) is 4.89. The van der Waals surface area contributed by atoms with Crippen molar-refractivity contribution in [3.63, 3.8) is 0 Å². The lowest BCUT2D eigenvalue weighted by molar-refractivity contribution is -0.385. The summed E-state index contributed by atoms with van der Waals surface area (Å²) in [5, 5.41) is 14.4. The Bertz CT molecular complexity index is 660. The molecule has 0 aliphatic heterocycles. The predicted octanol–water partition coefficient (Wildman–Crippen LogP) is 3.16. The van der Waals surface area contributed by atoms with E-state index in [1.165, 1.54) is 7.05 Å². The van der Waals surface area contributed by atoms with Gasteiger partial charge in [-0.05, 0) is 12.1 Å². The van der Waals surface area contributed by atoms with Crippen molar-refractivity contribution < 1.29 is 18.4 Å². The molecule has 0 atom stereocenters. The minimum Gasteiger partial charge on any atom is -0.429 e. The van der Waals surface area contributed by atoms with Crippen molar-refractivity contribution in [2.45, 2.75) is 0 Å². The van der Waals surface area contributed by atoms with Crippen molar-refractivity contribution in [3.05, 3.63) is 44.6 Å². The van der Waals surface area contributed by atoms with Crippen LogP contribution < -0.4 is 4.74 Å². The lowest BCUT2D eigenvalue weighted by Gasteiger charge is -2.04. The molecule has 0 aliphatic carbocycles. The lowest BCUT2D eigenvalue weighted by Crippen LogP contribution is -1.96. The number of aryl methyl sites for hydroxylation is 1. The smallest absolute Gasteiger partial charge is 0.350 e. The summed E-state index contributed by atoms with van der Waals surface area (Å²) >= 11 is 2.97. The van der Waals surface area contributed by atoms with Crippen molar-refractivity contribution in [2.24, 2.45) is 7.05 Å². The molecule has 0 aliphatic rings. The highest BCUT2D eigenvalue weighted by Gasteiger charge is 2.23. The largest absolute Gasteiger partial charge is 0.429 e. The molecule has 0 N–H and O–H groups in total. The molecule has 100 valence electrons. The Balaban J connectivity index is 2.44. The fourth-order valence-corrected chi connectivity index (χ4v) is 1.77. The zero-order valence-electron chi connectivity index (χ0n) is 9.43. The standard InChI is InChI=1S/C10H6BrF2N3O3/c1-15-4-7(16(17)18)10(14-15)19-8-3-5(11)2-6(12)9(8)13/h2-4H,1H3. The number of nitrogens with zero attached hydrogens (tertiary/aromatic N) is 3. The molecule has 1 heterocycles. The zero-order valence-corrected chi connectivity index (χ0v) is 11.0. The van der Waals surface area contributed by atoms with Gasteiger partial charge in [0.15, 0.2) is 11.6 Å². The second-order valence-corrected chi connectivity index (χ2v) is 4.47. The number of nitro groups is 1. The van der Waals surface area contributed by atoms with Gasteiger partial charge in [-0.25, -0.2) is 4.39 Å². The van der Waals surface area contributed by atoms with Crippen LogP contribution in [-0.4, -0.2) is 14.7 Å². The van der Waals surface area contributed by atoms with Crippen molar-refractivity contribution in [3.8, 4) is 11.6 Å². The molecule has 0 saturated heterocycles. The molecular formula is C10H6BrF2N3O3. The fraction of sp³-hybridized carbons (Fsp3) is 0.100. The van der Waals surface area contributed by atoms with E-state index in [2.05, 4.69) is 21.0 Å².